The van der Waals surface area contributed by atoms with Gasteiger partial charge < -0.3 is 11.1 Å². The number of nitrogen functional groups attached to an aromatic ring is 1. The van der Waals surface area contributed by atoms with E-state index >= 15 is 0 Å². The summed E-state index contributed by atoms with van der Waals surface area (Å²) < 4.78 is 0. The lowest BCUT2D eigenvalue weighted by Gasteiger charge is -2.34. The number of anilines is 2. The van der Waals surface area contributed by atoms with Gasteiger partial charge >= 0.3 is 0 Å². The van der Waals surface area contributed by atoms with Crippen LogP contribution in [0, 0.1) is 19.8 Å². The highest BCUT2D eigenvalue weighted by atomic mass is 15.1. The van der Waals surface area contributed by atoms with Crippen LogP contribution in [0.5, 0.6) is 0 Å². The molecule has 2 rings (SSSR count). The second-order valence-corrected chi connectivity index (χ2v) is 4.55. The highest BCUT2D eigenvalue weighted by Gasteiger charge is 2.26. The van der Waals surface area contributed by atoms with Gasteiger partial charge in [0.2, 0.25) is 0 Å². The lowest BCUT2D eigenvalue weighted by molar-refractivity contribution is 0.308. The molecular formula is C11H18N4. The first-order chi connectivity index (χ1) is 7.06. The van der Waals surface area contributed by atoms with Crippen LogP contribution in [-0.2, 0) is 0 Å². The van der Waals surface area contributed by atoms with E-state index < -0.39 is 0 Å². The van der Waals surface area contributed by atoms with Gasteiger partial charge in [0.25, 0.3) is 0 Å². The lowest BCUT2D eigenvalue weighted by atomic mass is 9.82. The van der Waals surface area contributed by atoms with Gasteiger partial charge in [0.1, 0.15) is 17.5 Å². The zero-order valence-corrected chi connectivity index (χ0v) is 9.54. The van der Waals surface area contributed by atoms with E-state index in [1.54, 1.807) is 0 Å². The fraction of sp³-hybridized carbons (Fsp3) is 0.636. The number of nitrogens with one attached hydrogen (secondary N) is 1. The van der Waals surface area contributed by atoms with Crippen molar-refractivity contribution >= 4 is 11.6 Å². The van der Waals surface area contributed by atoms with Crippen LogP contribution in [0.1, 0.15) is 31.2 Å². The Balaban J connectivity index is 2.13. The molecule has 3 N–H and O–H groups in total. The van der Waals surface area contributed by atoms with Crippen molar-refractivity contribution in [3.63, 3.8) is 0 Å². The van der Waals surface area contributed by atoms with E-state index in [1.165, 1.54) is 12.8 Å². The topological polar surface area (TPSA) is 63.8 Å². The second-order valence-electron chi connectivity index (χ2n) is 4.55. The Morgan fingerprint density at radius 3 is 2.53 bits per heavy atom. The Kier molecular flexibility index (Phi) is 2.50. The molecule has 0 bridgehead atoms. The molecule has 15 heavy (non-hydrogen) atoms. The number of rotatable bonds is 2. The van der Waals surface area contributed by atoms with Crippen molar-refractivity contribution in [2.45, 2.75) is 39.7 Å². The van der Waals surface area contributed by atoms with E-state index in [-0.39, 0.29) is 0 Å². The minimum Gasteiger partial charge on any atom is -0.383 e. The molecule has 1 saturated carbocycles. The maximum absolute atomic E-state index is 5.79. The van der Waals surface area contributed by atoms with E-state index in [1.807, 2.05) is 13.8 Å². The molecule has 0 unspecified atom stereocenters. The van der Waals surface area contributed by atoms with E-state index in [9.17, 15) is 0 Å². The van der Waals surface area contributed by atoms with Crippen molar-refractivity contribution < 1.29 is 0 Å². The standard InChI is InChI=1S/C11H18N4/c1-6-4-9(5-6)15-11-7(2)10(12)13-8(3)14-11/h6,9H,4-5H2,1-3H3,(H3,12,13,14,15). The van der Waals surface area contributed by atoms with Gasteiger partial charge in [-0.1, -0.05) is 6.92 Å². The monoisotopic (exact) mass is 206 g/mol. The molecule has 0 aliphatic heterocycles. The van der Waals surface area contributed by atoms with Gasteiger partial charge in [0, 0.05) is 11.6 Å². The van der Waals surface area contributed by atoms with Crippen molar-refractivity contribution in [1.29, 1.82) is 0 Å². The molecule has 0 aromatic carbocycles. The summed E-state index contributed by atoms with van der Waals surface area (Å²) in [5, 5.41) is 3.43. The molecule has 1 fully saturated rings. The molecule has 0 amide bonds. The highest BCUT2D eigenvalue weighted by molar-refractivity contribution is 5.55. The third-order valence-electron chi connectivity index (χ3n) is 3.01. The quantitative estimate of drug-likeness (QED) is 0.775. The van der Waals surface area contributed by atoms with Crippen molar-refractivity contribution in [3.8, 4) is 0 Å². The summed E-state index contributed by atoms with van der Waals surface area (Å²) >= 11 is 0. The fourth-order valence-electron chi connectivity index (χ4n) is 2.00. The maximum atomic E-state index is 5.79. The molecule has 1 aromatic heterocycles. The Morgan fingerprint density at radius 1 is 1.27 bits per heavy atom. The third kappa shape index (κ3) is 2.03. The summed E-state index contributed by atoms with van der Waals surface area (Å²) in [5.74, 6) is 3.05. The lowest BCUT2D eigenvalue weighted by Crippen LogP contribution is -2.34. The van der Waals surface area contributed by atoms with Crippen LogP contribution in [0.15, 0.2) is 0 Å². The van der Waals surface area contributed by atoms with Crippen LogP contribution < -0.4 is 11.1 Å². The van der Waals surface area contributed by atoms with Crippen molar-refractivity contribution in [1.82, 2.24) is 9.97 Å². The van der Waals surface area contributed by atoms with Gasteiger partial charge in [-0.05, 0) is 32.6 Å². The van der Waals surface area contributed by atoms with Crippen LogP contribution in [0.3, 0.4) is 0 Å². The fourth-order valence-corrected chi connectivity index (χ4v) is 2.00. The number of hydrogen-bond acceptors (Lipinski definition) is 4. The summed E-state index contributed by atoms with van der Waals surface area (Å²) in [6.45, 7) is 6.09. The van der Waals surface area contributed by atoms with E-state index in [0.29, 0.717) is 11.9 Å². The van der Waals surface area contributed by atoms with Crippen LogP contribution in [0.25, 0.3) is 0 Å². The Bertz CT molecular complexity index is 369. The first-order valence-corrected chi connectivity index (χ1v) is 5.43. The van der Waals surface area contributed by atoms with Crippen LogP contribution in [0.4, 0.5) is 11.6 Å². The van der Waals surface area contributed by atoms with Gasteiger partial charge in [-0.2, -0.15) is 0 Å². The zero-order valence-electron chi connectivity index (χ0n) is 9.54. The van der Waals surface area contributed by atoms with Crippen LogP contribution in [0.2, 0.25) is 0 Å². The van der Waals surface area contributed by atoms with Gasteiger partial charge in [0.15, 0.2) is 0 Å². The molecular weight excluding hydrogens is 188 g/mol. The SMILES string of the molecule is Cc1nc(N)c(C)c(NC2CC(C)C2)n1. The average molecular weight is 206 g/mol. The molecule has 0 saturated heterocycles. The van der Waals surface area contributed by atoms with Gasteiger partial charge in [0.05, 0.1) is 0 Å². The molecule has 1 aromatic rings. The van der Waals surface area contributed by atoms with Crippen molar-refractivity contribution in [2.75, 3.05) is 11.1 Å². The molecule has 1 heterocycles. The summed E-state index contributed by atoms with van der Waals surface area (Å²) in [6.07, 6.45) is 2.45. The minimum absolute atomic E-state index is 0.562. The Morgan fingerprint density at radius 2 is 1.93 bits per heavy atom. The smallest absolute Gasteiger partial charge is 0.134 e. The average Bonchev–Trinajstić information content (AvgIpc) is 2.10. The second kappa shape index (κ2) is 3.68. The molecule has 0 radical (unpaired) electrons. The molecule has 0 atom stereocenters. The van der Waals surface area contributed by atoms with Gasteiger partial charge in [-0.25, -0.2) is 9.97 Å². The number of nitrogens with two attached hydrogens (primary N) is 1. The van der Waals surface area contributed by atoms with Crippen LogP contribution >= 0.6 is 0 Å². The largest absolute Gasteiger partial charge is 0.383 e. The zero-order chi connectivity index (χ0) is 11.0. The molecule has 4 nitrogen and oxygen atoms in total. The summed E-state index contributed by atoms with van der Waals surface area (Å²) in [4.78, 5) is 8.50. The summed E-state index contributed by atoms with van der Waals surface area (Å²) in [6, 6.07) is 0.562. The molecule has 1 aliphatic carbocycles. The molecule has 1 aliphatic rings. The van der Waals surface area contributed by atoms with Gasteiger partial charge in [-0.3, -0.25) is 0 Å². The normalized spacial score (nSPS) is 24.7. The molecule has 4 heteroatoms. The molecule has 82 valence electrons. The summed E-state index contributed by atoms with van der Waals surface area (Å²) in [7, 11) is 0. The highest BCUT2D eigenvalue weighted by Crippen LogP contribution is 2.30. The van der Waals surface area contributed by atoms with E-state index in [0.717, 1.165) is 23.1 Å². The molecule has 0 spiro atoms. The first-order valence-electron chi connectivity index (χ1n) is 5.43. The number of hydrogen-bond donors (Lipinski definition) is 2. The predicted molar refractivity (Wildman–Crippen MR) is 61.7 cm³/mol. The first kappa shape index (κ1) is 10.2. The third-order valence-corrected chi connectivity index (χ3v) is 3.01. The van der Waals surface area contributed by atoms with Crippen LogP contribution in [-0.4, -0.2) is 16.0 Å². The van der Waals surface area contributed by atoms with Gasteiger partial charge in [-0.15, -0.1) is 0 Å². The number of nitrogens with zero attached hydrogens (tertiary/aromatic N) is 2. The summed E-state index contributed by atoms with van der Waals surface area (Å²) in [5.41, 5.74) is 6.75. The number of aryl methyl sites for hydroxylation is 1. The minimum atomic E-state index is 0.562. The predicted octanol–water partition coefficient (Wildman–Crippen LogP) is 1.89. The Hall–Kier alpha value is -1.32. The Labute approximate surface area is 90.3 Å². The number of aromatic nitrogens is 2. The van der Waals surface area contributed by atoms with Crippen molar-refractivity contribution in [2.24, 2.45) is 5.92 Å². The van der Waals surface area contributed by atoms with Crippen molar-refractivity contribution in [3.05, 3.63) is 11.4 Å². The van der Waals surface area contributed by atoms with E-state index in [2.05, 4.69) is 22.2 Å². The van der Waals surface area contributed by atoms with E-state index in [4.69, 9.17) is 5.73 Å². The maximum Gasteiger partial charge on any atom is 0.134 e.